The lowest BCUT2D eigenvalue weighted by molar-refractivity contribution is 0.222. The first-order valence-corrected chi connectivity index (χ1v) is 9.10. The summed E-state index contributed by atoms with van der Waals surface area (Å²) in [6.45, 7) is 6.85. The highest BCUT2D eigenvalue weighted by atomic mass is 35.5. The summed E-state index contributed by atoms with van der Waals surface area (Å²) in [7, 11) is 0. The molecule has 3 rings (SSSR count). The van der Waals surface area contributed by atoms with Gasteiger partial charge in [-0.15, -0.1) is 0 Å². The van der Waals surface area contributed by atoms with Gasteiger partial charge in [-0.25, -0.2) is 9.97 Å². The molecule has 0 N–H and O–H groups in total. The average molecular weight is 353 g/mol. The van der Waals surface area contributed by atoms with E-state index in [1.807, 2.05) is 0 Å². The number of pyridine rings is 1. The van der Waals surface area contributed by atoms with Crippen molar-refractivity contribution in [3.05, 3.63) is 29.2 Å². The maximum Gasteiger partial charge on any atom is 0.232 e. The molecule has 5 nitrogen and oxygen atoms in total. The molecule has 1 fully saturated rings. The number of piperidine rings is 1. The summed E-state index contributed by atoms with van der Waals surface area (Å²) >= 11 is 7.58. The van der Waals surface area contributed by atoms with Gasteiger partial charge in [0, 0.05) is 42.7 Å². The Balaban J connectivity index is 1.58. The molecule has 0 amide bonds. The van der Waals surface area contributed by atoms with Crippen LogP contribution in [0.25, 0.3) is 0 Å². The lowest BCUT2D eigenvalue weighted by Gasteiger charge is -2.32. The molecule has 1 atom stereocenters. The van der Waals surface area contributed by atoms with Gasteiger partial charge in [-0.1, -0.05) is 25.4 Å². The van der Waals surface area contributed by atoms with Crippen LogP contribution in [0.2, 0.25) is 5.02 Å². The van der Waals surface area contributed by atoms with Gasteiger partial charge in [-0.05, 0) is 25.0 Å². The van der Waals surface area contributed by atoms with Gasteiger partial charge in [0.2, 0.25) is 11.0 Å². The van der Waals surface area contributed by atoms with E-state index in [0.717, 1.165) is 36.9 Å². The van der Waals surface area contributed by atoms with E-state index in [9.17, 15) is 0 Å². The number of hydrogen-bond donors (Lipinski definition) is 0. The van der Waals surface area contributed by atoms with Gasteiger partial charge in [0.05, 0.1) is 6.61 Å². The molecule has 1 unspecified atom stereocenters. The molecule has 124 valence electrons. The number of ether oxygens (including phenoxy) is 1. The number of rotatable bonds is 5. The summed E-state index contributed by atoms with van der Waals surface area (Å²) in [6, 6.07) is 3.60. The molecule has 1 aliphatic rings. The zero-order valence-electron chi connectivity index (χ0n) is 13.4. The summed E-state index contributed by atoms with van der Waals surface area (Å²) in [5.74, 6) is 2.27. The SMILES string of the molecule is CC(C)c1nsc(N2CCCC(COc3ncccc3Cl)C2)n1. The van der Waals surface area contributed by atoms with Crippen molar-refractivity contribution >= 4 is 28.3 Å². The Morgan fingerprint density at radius 3 is 3.09 bits per heavy atom. The van der Waals surface area contributed by atoms with Crippen LogP contribution in [-0.4, -0.2) is 34.0 Å². The van der Waals surface area contributed by atoms with Gasteiger partial charge in [0.25, 0.3) is 0 Å². The Morgan fingerprint density at radius 2 is 2.35 bits per heavy atom. The first-order valence-electron chi connectivity index (χ1n) is 7.95. The first kappa shape index (κ1) is 16.5. The lowest BCUT2D eigenvalue weighted by Crippen LogP contribution is -2.37. The number of hydrogen-bond acceptors (Lipinski definition) is 6. The zero-order chi connectivity index (χ0) is 16.2. The molecule has 0 aromatic carbocycles. The highest BCUT2D eigenvalue weighted by Gasteiger charge is 2.24. The fourth-order valence-electron chi connectivity index (χ4n) is 2.64. The highest BCUT2D eigenvalue weighted by molar-refractivity contribution is 7.09. The average Bonchev–Trinajstić information content (AvgIpc) is 3.05. The molecular formula is C16H21ClN4OS. The van der Waals surface area contributed by atoms with E-state index >= 15 is 0 Å². The summed E-state index contributed by atoms with van der Waals surface area (Å²) in [4.78, 5) is 11.2. The van der Waals surface area contributed by atoms with E-state index in [2.05, 4.69) is 33.1 Å². The summed E-state index contributed by atoms with van der Waals surface area (Å²) < 4.78 is 10.3. The Hall–Kier alpha value is -1.40. The van der Waals surface area contributed by atoms with Crippen LogP contribution in [0, 0.1) is 5.92 Å². The molecule has 0 spiro atoms. The monoisotopic (exact) mass is 352 g/mol. The first-order chi connectivity index (χ1) is 11.1. The van der Waals surface area contributed by atoms with Gasteiger partial charge in [0.15, 0.2) is 0 Å². The van der Waals surface area contributed by atoms with Crippen LogP contribution in [-0.2, 0) is 0 Å². The van der Waals surface area contributed by atoms with Crippen LogP contribution in [0.1, 0.15) is 38.4 Å². The number of halogens is 1. The van der Waals surface area contributed by atoms with Crippen molar-refractivity contribution in [1.82, 2.24) is 14.3 Å². The standard InChI is InChI=1S/C16H21ClN4OS/c1-11(2)14-19-16(23-20-14)21-8-4-5-12(9-21)10-22-15-13(17)6-3-7-18-15/h3,6-7,11-12H,4-5,8-10H2,1-2H3. The minimum atomic E-state index is 0.371. The van der Waals surface area contributed by atoms with E-state index in [0.29, 0.717) is 29.3 Å². The van der Waals surface area contributed by atoms with Crippen molar-refractivity contribution in [2.24, 2.45) is 5.92 Å². The molecule has 1 saturated heterocycles. The number of aromatic nitrogens is 3. The van der Waals surface area contributed by atoms with E-state index in [1.54, 1.807) is 18.3 Å². The predicted molar refractivity (Wildman–Crippen MR) is 93.7 cm³/mol. The maximum atomic E-state index is 6.08. The Bertz CT molecular complexity index is 649. The van der Waals surface area contributed by atoms with Gasteiger partial charge < -0.3 is 9.64 Å². The molecule has 0 aliphatic carbocycles. The Kier molecular flexibility index (Phi) is 5.33. The van der Waals surface area contributed by atoms with E-state index in [1.165, 1.54) is 11.5 Å². The fraction of sp³-hybridized carbons (Fsp3) is 0.562. The summed E-state index contributed by atoms with van der Waals surface area (Å²) in [5.41, 5.74) is 0. The van der Waals surface area contributed by atoms with Crippen LogP contribution in [0.5, 0.6) is 5.88 Å². The third-order valence-electron chi connectivity index (χ3n) is 3.92. The molecular weight excluding hydrogens is 332 g/mol. The van der Waals surface area contributed by atoms with Crippen LogP contribution in [0.3, 0.4) is 0 Å². The molecule has 1 aliphatic heterocycles. The van der Waals surface area contributed by atoms with E-state index < -0.39 is 0 Å². The lowest BCUT2D eigenvalue weighted by atomic mass is 9.99. The number of anilines is 1. The van der Waals surface area contributed by atoms with Crippen LogP contribution >= 0.6 is 23.1 Å². The third-order valence-corrected chi connectivity index (χ3v) is 5.00. The normalized spacial score (nSPS) is 18.4. The van der Waals surface area contributed by atoms with E-state index in [-0.39, 0.29) is 0 Å². The molecule has 0 bridgehead atoms. The smallest absolute Gasteiger partial charge is 0.232 e. The molecule has 2 aromatic heterocycles. The van der Waals surface area contributed by atoms with Crippen molar-refractivity contribution < 1.29 is 4.74 Å². The fourth-order valence-corrected chi connectivity index (χ4v) is 3.66. The van der Waals surface area contributed by atoms with Crippen molar-refractivity contribution in [1.29, 1.82) is 0 Å². The number of nitrogens with zero attached hydrogens (tertiary/aromatic N) is 4. The van der Waals surface area contributed by atoms with Gasteiger partial charge >= 0.3 is 0 Å². The topological polar surface area (TPSA) is 51.1 Å². The Labute approximate surface area is 145 Å². The van der Waals surface area contributed by atoms with Crippen LogP contribution < -0.4 is 9.64 Å². The third kappa shape index (κ3) is 4.12. The van der Waals surface area contributed by atoms with Crippen molar-refractivity contribution in [2.75, 3.05) is 24.6 Å². The van der Waals surface area contributed by atoms with Gasteiger partial charge in [-0.3, -0.25) is 0 Å². The van der Waals surface area contributed by atoms with Gasteiger partial charge in [0.1, 0.15) is 10.8 Å². The molecule has 2 aromatic rings. The molecule has 0 saturated carbocycles. The van der Waals surface area contributed by atoms with Crippen LogP contribution in [0.15, 0.2) is 18.3 Å². The van der Waals surface area contributed by atoms with Crippen molar-refractivity contribution in [2.45, 2.75) is 32.6 Å². The van der Waals surface area contributed by atoms with Crippen LogP contribution in [0.4, 0.5) is 5.13 Å². The maximum absolute atomic E-state index is 6.08. The van der Waals surface area contributed by atoms with Gasteiger partial charge in [-0.2, -0.15) is 4.37 Å². The largest absolute Gasteiger partial charge is 0.476 e. The second-order valence-electron chi connectivity index (χ2n) is 6.15. The molecule has 23 heavy (non-hydrogen) atoms. The van der Waals surface area contributed by atoms with Crippen molar-refractivity contribution in [3.8, 4) is 5.88 Å². The second kappa shape index (κ2) is 7.45. The molecule has 3 heterocycles. The molecule has 7 heteroatoms. The van der Waals surface area contributed by atoms with E-state index in [4.69, 9.17) is 16.3 Å². The summed E-state index contributed by atoms with van der Waals surface area (Å²) in [5, 5.41) is 1.58. The van der Waals surface area contributed by atoms with Crippen molar-refractivity contribution in [3.63, 3.8) is 0 Å². The zero-order valence-corrected chi connectivity index (χ0v) is 15.0. The molecule has 0 radical (unpaired) electrons. The second-order valence-corrected chi connectivity index (χ2v) is 7.28. The summed E-state index contributed by atoms with van der Waals surface area (Å²) in [6.07, 6.45) is 3.99. The minimum Gasteiger partial charge on any atom is -0.476 e. The highest BCUT2D eigenvalue weighted by Crippen LogP contribution is 2.27. The minimum absolute atomic E-state index is 0.371. The quantitative estimate of drug-likeness (QED) is 0.813. The predicted octanol–water partition coefficient (Wildman–Crippen LogP) is 4.01. The Morgan fingerprint density at radius 1 is 1.48 bits per heavy atom.